The van der Waals surface area contributed by atoms with Crippen LogP contribution >= 0.6 is 0 Å². The molecule has 0 spiro atoms. The molecule has 4 aromatic carbocycles. The Balaban J connectivity index is 1.56. The summed E-state index contributed by atoms with van der Waals surface area (Å²) in [5.74, 6) is -0.435. The van der Waals surface area contributed by atoms with Crippen LogP contribution in [0.3, 0.4) is 0 Å². The second kappa shape index (κ2) is 6.57. The quantitative estimate of drug-likeness (QED) is 0.367. The van der Waals surface area contributed by atoms with Gasteiger partial charge in [0.15, 0.2) is 0 Å². The highest BCUT2D eigenvalue weighted by Crippen LogP contribution is 2.89. The normalized spacial score (nSPS) is 36.4. The van der Waals surface area contributed by atoms with Crippen LogP contribution in [0.5, 0.6) is 0 Å². The molecule has 4 aliphatic rings. The summed E-state index contributed by atoms with van der Waals surface area (Å²) in [6.45, 7) is 4.28. The molecule has 0 heterocycles. The first-order chi connectivity index (χ1) is 17.9. The fourth-order valence-corrected chi connectivity index (χ4v) is 9.25. The maximum atomic E-state index is 15.0. The van der Waals surface area contributed by atoms with Gasteiger partial charge in [-0.1, -0.05) is 129 Å². The van der Waals surface area contributed by atoms with E-state index < -0.39 is 27.8 Å². The largest absolute Gasteiger partial charge is 0.384 e. The van der Waals surface area contributed by atoms with Gasteiger partial charge >= 0.3 is 0 Å². The molecule has 4 bridgehead atoms. The number of allylic oxidation sites excluding steroid dienone is 1. The zero-order valence-electron chi connectivity index (χ0n) is 21.0. The van der Waals surface area contributed by atoms with Gasteiger partial charge in [-0.25, -0.2) is 0 Å². The van der Waals surface area contributed by atoms with Crippen molar-refractivity contribution in [2.24, 2.45) is 17.3 Å². The maximum absolute atomic E-state index is 15.0. The number of carbonyl (C=O) groups is 1. The minimum Gasteiger partial charge on any atom is -0.384 e. The van der Waals surface area contributed by atoms with Gasteiger partial charge in [-0.2, -0.15) is 0 Å². The molecule has 0 amide bonds. The van der Waals surface area contributed by atoms with Crippen molar-refractivity contribution in [3.63, 3.8) is 0 Å². The molecule has 180 valence electrons. The van der Waals surface area contributed by atoms with Gasteiger partial charge in [0.1, 0.15) is 11.4 Å². The van der Waals surface area contributed by atoms with Gasteiger partial charge in [0.05, 0.1) is 5.92 Å². The average molecular weight is 481 g/mol. The Morgan fingerprint density at radius 1 is 0.622 bits per heavy atom. The lowest BCUT2D eigenvalue weighted by atomic mass is 9.52. The van der Waals surface area contributed by atoms with Crippen molar-refractivity contribution in [1.29, 1.82) is 0 Å². The molecule has 2 fully saturated rings. The lowest BCUT2D eigenvalue weighted by molar-refractivity contribution is -0.138. The van der Waals surface area contributed by atoms with Crippen LogP contribution in [-0.4, -0.2) is 16.5 Å². The smallest absolute Gasteiger partial charge is 0.148 e. The second-order valence-corrected chi connectivity index (χ2v) is 11.6. The zero-order chi connectivity index (χ0) is 25.2. The summed E-state index contributed by atoms with van der Waals surface area (Å²) < 4.78 is 0. The molecule has 6 atom stereocenters. The van der Waals surface area contributed by atoms with Crippen LogP contribution in [0.25, 0.3) is 11.1 Å². The van der Waals surface area contributed by atoms with Crippen LogP contribution in [0.2, 0.25) is 0 Å². The predicted molar refractivity (Wildman–Crippen MR) is 146 cm³/mol. The Kier molecular flexibility index (Phi) is 3.79. The predicted octanol–water partition coefficient (Wildman–Crippen LogP) is 6.43. The molecule has 6 unspecified atom stereocenters. The first-order valence-electron chi connectivity index (χ1n) is 13.2. The van der Waals surface area contributed by atoms with E-state index in [1.54, 1.807) is 0 Å². The highest BCUT2D eigenvalue weighted by molar-refractivity contribution is 6.17. The van der Waals surface area contributed by atoms with E-state index in [-0.39, 0.29) is 11.7 Å². The van der Waals surface area contributed by atoms with E-state index in [1.165, 1.54) is 5.56 Å². The summed E-state index contributed by atoms with van der Waals surface area (Å²) in [6, 6.07) is 39.5. The summed E-state index contributed by atoms with van der Waals surface area (Å²) in [6.07, 6.45) is 0. The first-order valence-corrected chi connectivity index (χ1v) is 13.2. The lowest BCUT2D eigenvalue weighted by Crippen LogP contribution is -2.60. The first kappa shape index (κ1) is 21.3. The number of hydrogen-bond acceptors (Lipinski definition) is 2. The third-order valence-electron chi connectivity index (χ3n) is 10.5. The average Bonchev–Trinajstić information content (AvgIpc) is 3.51. The van der Waals surface area contributed by atoms with E-state index in [1.807, 2.05) is 42.5 Å². The van der Waals surface area contributed by atoms with Crippen molar-refractivity contribution in [1.82, 2.24) is 0 Å². The summed E-state index contributed by atoms with van der Waals surface area (Å²) in [5.41, 5.74) is 4.14. The highest BCUT2D eigenvalue weighted by atomic mass is 16.3. The van der Waals surface area contributed by atoms with Crippen LogP contribution in [0.4, 0.5) is 0 Å². The molecule has 0 aliphatic heterocycles. The standard InChI is InChI=1S/C35H28O2/c1-32-25-20-12-13-21-26(25)34(24-18-10-5-11-19-24)31-33(34,2)30(36)29(32)27(22-14-6-3-7-15-22)28(35(31,32)37)23-16-8-4-9-17-23/h3-21,29,31,37H,1-2H3. The van der Waals surface area contributed by atoms with Crippen LogP contribution < -0.4 is 0 Å². The summed E-state index contributed by atoms with van der Waals surface area (Å²) in [4.78, 5) is 15.0. The third kappa shape index (κ3) is 2.01. The van der Waals surface area contributed by atoms with E-state index >= 15 is 4.79 Å². The molecule has 37 heavy (non-hydrogen) atoms. The van der Waals surface area contributed by atoms with Gasteiger partial charge in [-0.05, 0) is 39.0 Å². The molecular formula is C35H28O2. The number of hydrogen-bond donors (Lipinski definition) is 1. The van der Waals surface area contributed by atoms with Crippen molar-refractivity contribution in [3.8, 4) is 0 Å². The van der Waals surface area contributed by atoms with Gasteiger partial charge in [0.25, 0.3) is 0 Å². The van der Waals surface area contributed by atoms with E-state index in [2.05, 4.69) is 86.6 Å². The van der Waals surface area contributed by atoms with Gasteiger partial charge in [0.2, 0.25) is 0 Å². The molecule has 4 aromatic rings. The Labute approximate surface area is 217 Å². The van der Waals surface area contributed by atoms with Gasteiger partial charge in [-0.3, -0.25) is 4.79 Å². The number of fused-ring (bicyclic) bond motifs is 3. The van der Waals surface area contributed by atoms with Crippen molar-refractivity contribution in [2.75, 3.05) is 0 Å². The molecule has 0 saturated heterocycles. The highest BCUT2D eigenvalue weighted by Gasteiger charge is 2.95. The molecular weight excluding hydrogens is 452 g/mol. The Morgan fingerprint density at radius 3 is 1.76 bits per heavy atom. The van der Waals surface area contributed by atoms with Gasteiger partial charge in [0, 0.05) is 22.2 Å². The van der Waals surface area contributed by atoms with Crippen LogP contribution in [0.1, 0.15) is 41.7 Å². The fraction of sp³-hybridized carbons (Fsp3) is 0.229. The molecule has 4 aliphatic carbocycles. The van der Waals surface area contributed by atoms with Crippen LogP contribution in [0.15, 0.2) is 115 Å². The van der Waals surface area contributed by atoms with Crippen molar-refractivity contribution >= 4 is 16.9 Å². The number of rotatable bonds is 3. The van der Waals surface area contributed by atoms with E-state index in [0.717, 1.165) is 33.4 Å². The Morgan fingerprint density at radius 2 is 1.14 bits per heavy atom. The molecule has 1 N–H and O–H groups in total. The minimum atomic E-state index is -1.21. The van der Waals surface area contributed by atoms with Crippen molar-refractivity contribution in [2.45, 2.75) is 30.3 Å². The Hall–Kier alpha value is -3.75. The van der Waals surface area contributed by atoms with Crippen LogP contribution in [0, 0.1) is 17.3 Å². The molecule has 2 heteroatoms. The molecule has 2 nitrogen and oxygen atoms in total. The number of Topliss-reactive ketones (excluding diaryl/α,β-unsaturated/α-hetero) is 1. The molecule has 2 saturated carbocycles. The maximum Gasteiger partial charge on any atom is 0.148 e. The number of aliphatic hydroxyl groups is 1. The third-order valence-corrected chi connectivity index (χ3v) is 10.5. The summed E-state index contributed by atoms with van der Waals surface area (Å²) in [5, 5.41) is 13.5. The fourth-order valence-electron chi connectivity index (χ4n) is 9.25. The van der Waals surface area contributed by atoms with Crippen LogP contribution in [-0.2, 0) is 15.6 Å². The number of ketones is 1. The van der Waals surface area contributed by atoms with Gasteiger partial charge < -0.3 is 5.11 Å². The zero-order valence-corrected chi connectivity index (χ0v) is 21.0. The van der Waals surface area contributed by atoms with E-state index in [9.17, 15) is 5.11 Å². The van der Waals surface area contributed by atoms with E-state index in [4.69, 9.17) is 0 Å². The molecule has 0 radical (unpaired) electrons. The second-order valence-electron chi connectivity index (χ2n) is 11.6. The lowest BCUT2D eigenvalue weighted by Gasteiger charge is -2.52. The van der Waals surface area contributed by atoms with Gasteiger partial charge in [-0.15, -0.1) is 0 Å². The van der Waals surface area contributed by atoms with E-state index in [0.29, 0.717) is 0 Å². The molecule has 0 aromatic heterocycles. The number of benzene rings is 4. The monoisotopic (exact) mass is 480 g/mol. The Bertz CT molecular complexity index is 1640. The molecule has 8 rings (SSSR count). The topological polar surface area (TPSA) is 37.3 Å². The summed E-state index contributed by atoms with van der Waals surface area (Å²) in [7, 11) is 0. The number of carbonyl (C=O) groups excluding carboxylic acids is 1. The SMILES string of the molecule is CC12C(=O)C3C(c4ccccc4)=C(c4ccccc4)C4(O)C1C2(c1ccccc1)c1ccccc1C34C. The van der Waals surface area contributed by atoms with Crippen molar-refractivity contribution in [3.05, 3.63) is 143 Å². The summed E-state index contributed by atoms with van der Waals surface area (Å²) >= 11 is 0. The van der Waals surface area contributed by atoms with Crippen molar-refractivity contribution < 1.29 is 9.90 Å². The minimum absolute atomic E-state index is 0.255.